The molecule has 0 radical (unpaired) electrons. The van der Waals surface area contributed by atoms with Crippen LogP contribution in [0.3, 0.4) is 0 Å². The molecule has 0 fully saturated rings. The molecule has 6 nitrogen and oxygen atoms in total. The van der Waals surface area contributed by atoms with Gasteiger partial charge in [-0.25, -0.2) is 4.98 Å². The SMILES string of the molecule is CCc1cc2c(=O)n(CN(C)Cc3ccc(OC(F)F)c(OC)c3)cnc2s1. The van der Waals surface area contributed by atoms with Gasteiger partial charge in [-0.15, -0.1) is 11.3 Å². The minimum absolute atomic E-state index is 0.0149. The molecule has 2 heterocycles. The number of ether oxygens (including phenoxy) is 2. The van der Waals surface area contributed by atoms with Gasteiger partial charge < -0.3 is 9.47 Å². The molecule has 0 N–H and O–H groups in total. The average Bonchev–Trinajstić information content (AvgIpc) is 3.09. The van der Waals surface area contributed by atoms with Crippen molar-refractivity contribution in [1.82, 2.24) is 14.5 Å². The average molecular weight is 409 g/mol. The van der Waals surface area contributed by atoms with E-state index >= 15 is 0 Å². The fourth-order valence-electron chi connectivity index (χ4n) is 2.91. The second kappa shape index (κ2) is 8.66. The minimum Gasteiger partial charge on any atom is -0.493 e. The Hall–Kier alpha value is -2.52. The lowest BCUT2D eigenvalue weighted by Crippen LogP contribution is -2.29. The first-order valence-corrected chi connectivity index (χ1v) is 9.51. The molecule has 150 valence electrons. The van der Waals surface area contributed by atoms with Crippen molar-refractivity contribution < 1.29 is 18.3 Å². The van der Waals surface area contributed by atoms with Gasteiger partial charge in [0.25, 0.3) is 5.56 Å². The first kappa shape index (κ1) is 20.2. The maximum Gasteiger partial charge on any atom is 0.387 e. The zero-order valence-electron chi connectivity index (χ0n) is 15.8. The molecular weight excluding hydrogens is 388 g/mol. The third-order valence-corrected chi connectivity index (χ3v) is 5.40. The molecule has 0 amide bonds. The standard InChI is InChI=1S/C19H21F2N3O3S/c1-4-13-8-14-17(28-13)22-10-24(18(14)25)11-23(2)9-12-5-6-15(27-19(20)21)16(7-12)26-3/h5-8,10,19H,4,9,11H2,1-3H3. The number of alkyl halides is 2. The molecule has 0 atom stereocenters. The third kappa shape index (κ3) is 4.48. The highest BCUT2D eigenvalue weighted by Gasteiger charge is 2.13. The molecule has 0 spiro atoms. The zero-order valence-corrected chi connectivity index (χ0v) is 16.6. The van der Waals surface area contributed by atoms with Crippen molar-refractivity contribution >= 4 is 21.6 Å². The minimum atomic E-state index is -2.91. The Kier molecular flexibility index (Phi) is 6.25. The van der Waals surface area contributed by atoms with E-state index in [-0.39, 0.29) is 17.1 Å². The number of rotatable bonds is 8. The molecule has 9 heteroatoms. The van der Waals surface area contributed by atoms with Crippen LogP contribution in [0.2, 0.25) is 0 Å². The number of benzene rings is 1. The molecular formula is C19H21F2N3O3S. The van der Waals surface area contributed by atoms with Crippen LogP contribution in [-0.2, 0) is 19.6 Å². The molecule has 2 aromatic heterocycles. The summed E-state index contributed by atoms with van der Waals surface area (Å²) in [5.41, 5.74) is 0.762. The van der Waals surface area contributed by atoms with E-state index in [2.05, 4.69) is 9.72 Å². The van der Waals surface area contributed by atoms with Gasteiger partial charge in [-0.05, 0) is 37.2 Å². The van der Waals surface area contributed by atoms with Crippen LogP contribution in [0.1, 0.15) is 17.4 Å². The summed E-state index contributed by atoms with van der Waals surface area (Å²) in [6, 6.07) is 6.68. The summed E-state index contributed by atoms with van der Waals surface area (Å²) in [5, 5.41) is 0.632. The van der Waals surface area contributed by atoms with Gasteiger partial charge in [-0.2, -0.15) is 8.78 Å². The summed E-state index contributed by atoms with van der Waals surface area (Å²) in [4.78, 5) is 20.9. The molecule has 0 unspecified atom stereocenters. The van der Waals surface area contributed by atoms with E-state index in [1.807, 2.05) is 24.9 Å². The monoisotopic (exact) mass is 409 g/mol. The van der Waals surface area contributed by atoms with Gasteiger partial charge in [0.15, 0.2) is 11.5 Å². The molecule has 0 bridgehead atoms. The number of fused-ring (bicyclic) bond motifs is 1. The second-order valence-corrected chi connectivity index (χ2v) is 7.44. The quantitative estimate of drug-likeness (QED) is 0.568. The Labute approximate surface area is 164 Å². The first-order valence-electron chi connectivity index (χ1n) is 8.69. The summed E-state index contributed by atoms with van der Waals surface area (Å²) in [6.07, 6.45) is 2.42. The van der Waals surface area contributed by atoms with Crippen LogP contribution in [0.5, 0.6) is 11.5 Å². The van der Waals surface area contributed by atoms with Gasteiger partial charge in [-0.3, -0.25) is 14.3 Å². The lowest BCUT2D eigenvalue weighted by molar-refractivity contribution is -0.0512. The Morgan fingerprint density at radius 1 is 1.29 bits per heavy atom. The number of methoxy groups -OCH3 is 1. The van der Waals surface area contributed by atoms with E-state index < -0.39 is 6.61 Å². The lowest BCUT2D eigenvalue weighted by Gasteiger charge is -2.19. The Morgan fingerprint density at radius 3 is 2.75 bits per heavy atom. The van der Waals surface area contributed by atoms with Crippen molar-refractivity contribution in [3.05, 3.63) is 51.4 Å². The molecule has 0 saturated heterocycles. The van der Waals surface area contributed by atoms with Gasteiger partial charge in [0.05, 0.1) is 19.2 Å². The van der Waals surface area contributed by atoms with Crippen LogP contribution in [0, 0.1) is 0 Å². The van der Waals surface area contributed by atoms with Gasteiger partial charge >= 0.3 is 6.61 Å². The Morgan fingerprint density at radius 2 is 2.07 bits per heavy atom. The molecule has 0 aliphatic carbocycles. The number of hydrogen-bond donors (Lipinski definition) is 0. The molecule has 3 aromatic rings. The van der Waals surface area contributed by atoms with Crippen LogP contribution < -0.4 is 15.0 Å². The van der Waals surface area contributed by atoms with E-state index in [1.54, 1.807) is 23.0 Å². The Balaban J connectivity index is 1.75. The Bertz CT molecular complexity index is 1020. The number of aryl methyl sites for hydroxylation is 1. The van der Waals surface area contributed by atoms with E-state index in [0.717, 1.165) is 21.7 Å². The van der Waals surface area contributed by atoms with Crippen LogP contribution in [0.4, 0.5) is 8.78 Å². The van der Waals surface area contributed by atoms with Gasteiger partial charge in [0, 0.05) is 11.4 Å². The molecule has 0 aliphatic heterocycles. The van der Waals surface area contributed by atoms with Crippen molar-refractivity contribution in [3.63, 3.8) is 0 Å². The number of nitrogens with zero attached hydrogens (tertiary/aromatic N) is 3. The summed E-state index contributed by atoms with van der Waals surface area (Å²) in [7, 11) is 3.25. The summed E-state index contributed by atoms with van der Waals surface area (Å²) < 4.78 is 36.0. The van der Waals surface area contributed by atoms with Crippen LogP contribution >= 0.6 is 11.3 Å². The van der Waals surface area contributed by atoms with Crippen molar-refractivity contribution in [2.75, 3.05) is 14.2 Å². The van der Waals surface area contributed by atoms with Crippen LogP contribution in [0.15, 0.2) is 35.4 Å². The second-order valence-electron chi connectivity index (χ2n) is 6.32. The summed E-state index contributed by atoms with van der Waals surface area (Å²) in [5.74, 6) is 0.218. The van der Waals surface area contributed by atoms with Crippen molar-refractivity contribution in [2.45, 2.75) is 33.2 Å². The van der Waals surface area contributed by atoms with Crippen molar-refractivity contribution in [3.8, 4) is 11.5 Å². The highest BCUT2D eigenvalue weighted by Crippen LogP contribution is 2.29. The van der Waals surface area contributed by atoms with E-state index in [9.17, 15) is 13.6 Å². The molecule has 1 aromatic carbocycles. The summed E-state index contributed by atoms with van der Waals surface area (Å²) in [6.45, 7) is -0.0405. The molecule has 28 heavy (non-hydrogen) atoms. The molecule has 3 rings (SSSR count). The van der Waals surface area contributed by atoms with Crippen molar-refractivity contribution in [1.29, 1.82) is 0 Å². The summed E-state index contributed by atoms with van der Waals surface area (Å²) >= 11 is 1.53. The van der Waals surface area contributed by atoms with E-state index in [4.69, 9.17) is 4.74 Å². The van der Waals surface area contributed by atoms with E-state index in [1.165, 1.54) is 24.5 Å². The van der Waals surface area contributed by atoms with Gasteiger partial charge in [0.1, 0.15) is 11.2 Å². The van der Waals surface area contributed by atoms with E-state index in [0.29, 0.717) is 18.6 Å². The number of halogens is 2. The van der Waals surface area contributed by atoms with Gasteiger partial charge in [0.2, 0.25) is 0 Å². The number of hydrogen-bond acceptors (Lipinski definition) is 6. The fourth-order valence-corrected chi connectivity index (χ4v) is 3.84. The predicted molar refractivity (Wildman–Crippen MR) is 104 cm³/mol. The fraction of sp³-hybridized carbons (Fsp3) is 0.368. The van der Waals surface area contributed by atoms with Crippen molar-refractivity contribution in [2.24, 2.45) is 0 Å². The molecule has 0 aliphatic rings. The number of aromatic nitrogens is 2. The highest BCUT2D eigenvalue weighted by atomic mass is 32.1. The maximum atomic E-state index is 12.7. The van der Waals surface area contributed by atoms with Crippen LogP contribution in [0.25, 0.3) is 10.2 Å². The van der Waals surface area contributed by atoms with Gasteiger partial charge in [-0.1, -0.05) is 13.0 Å². The predicted octanol–water partition coefficient (Wildman–Crippen LogP) is 3.72. The normalized spacial score (nSPS) is 11.5. The zero-order chi connectivity index (χ0) is 20.3. The smallest absolute Gasteiger partial charge is 0.387 e. The third-order valence-electron chi connectivity index (χ3n) is 4.21. The number of thiophene rings is 1. The first-order chi connectivity index (χ1) is 13.4. The topological polar surface area (TPSA) is 56.6 Å². The highest BCUT2D eigenvalue weighted by molar-refractivity contribution is 7.18. The lowest BCUT2D eigenvalue weighted by atomic mass is 10.2. The largest absolute Gasteiger partial charge is 0.493 e. The van der Waals surface area contributed by atoms with Crippen LogP contribution in [-0.4, -0.2) is 35.2 Å². The molecule has 0 saturated carbocycles. The maximum absolute atomic E-state index is 12.7.